The summed E-state index contributed by atoms with van der Waals surface area (Å²) in [5, 5.41) is 5.13. The first-order valence-electron chi connectivity index (χ1n) is 5.38. The molecule has 1 aromatic rings. The molecule has 0 radical (unpaired) electrons. The molecule has 0 spiro atoms. The van der Waals surface area contributed by atoms with Crippen molar-refractivity contribution in [1.82, 2.24) is 0 Å². The largest absolute Gasteiger partial charge is 0.466 e. The molecule has 0 aliphatic carbocycles. The highest BCUT2D eigenvalue weighted by atomic mass is 79.9. The van der Waals surface area contributed by atoms with Crippen LogP contribution in [0.15, 0.2) is 23.4 Å². The minimum absolute atomic E-state index is 0.244. The number of esters is 1. The highest BCUT2D eigenvalue weighted by Gasteiger charge is 2.47. The van der Waals surface area contributed by atoms with E-state index < -0.39 is 11.6 Å². The molecular weight excluding hydrogens is 357 g/mol. The maximum Gasteiger partial charge on any atom is 0.354 e. The predicted octanol–water partition coefficient (Wildman–Crippen LogP) is 3.42. The van der Waals surface area contributed by atoms with Crippen molar-refractivity contribution in [2.45, 2.75) is 12.0 Å². The molecule has 0 bridgehead atoms. The molecule has 1 atom stereocenters. The SMILES string of the molecule is COC(=O)C1(CBr)CC(c2c(Cl)cccc2Cl)=NO1. The van der Waals surface area contributed by atoms with E-state index >= 15 is 0 Å². The summed E-state index contributed by atoms with van der Waals surface area (Å²) in [7, 11) is 1.30. The molecule has 1 aliphatic heterocycles. The van der Waals surface area contributed by atoms with Crippen molar-refractivity contribution < 1.29 is 14.4 Å². The molecule has 0 saturated heterocycles. The number of hydrogen-bond acceptors (Lipinski definition) is 4. The third kappa shape index (κ3) is 2.59. The van der Waals surface area contributed by atoms with Crippen LogP contribution < -0.4 is 0 Å². The summed E-state index contributed by atoms with van der Waals surface area (Å²) < 4.78 is 4.74. The first-order chi connectivity index (χ1) is 9.04. The van der Waals surface area contributed by atoms with Gasteiger partial charge < -0.3 is 9.57 Å². The van der Waals surface area contributed by atoms with Crippen LogP contribution in [0.25, 0.3) is 0 Å². The van der Waals surface area contributed by atoms with E-state index in [1.807, 2.05) is 0 Å². The predicted molar refractivity (Wildman–Crippen MR) is 77.2 cm³/mol. The molecule has 19 heavy (non-hydrogen) atoms. The third-order valence-electron chi connectivity index (χ3n) is 2.81. The molecule has 0 N–H and O–H groups in total. The quantitative estimate of drug-likeness (QED) is 0.608. The van der Waals surface area contributed by atoms with Gasteiger partial charge in [-0.3, -0.25) is 0 Å². The molecule has 4 nitrogen and oxygen atoms in total. The van der Waals surface area contributed by atoms with E-state index in [0.29, 0.717) is 21.3 Å². The van der Waals surface area contributed by atoms with E-state index in [9.17, 15) is 4.79 Å². The van der Waals surface area contributed by atoms with E-state index in [1.165, 1.54) is 7.11 Å². The van der Waals surface area contributed by atoms with Crippen LogP contribution in [0.3, 0.4) is 0 Å². The molecule has 0 amide bonds. The fraction of sp³-hybridized carbons (Fsp3) is 0.333. The lowest BCUT2D eigenvalue weighted by Crippen LogP contribution is -2.41. The lowest BCUT2D eigenvalue weighted by Gasteiger charge is -2.20. The molecule has 1 aromatic carbocycles. The Hall–Kier alpha value is -0.780. The number of hydrogen-bond donors (Lipinski definition) is 0. The molecule has 1 aliphatic rings. The van der Waals surface area contributed by atoms with Crippen LogP contribution in [0.5, 0.6) is 0 Å². The topological polar surface area (TPSA) is 47.9 Å². The Balaban J connectivity index is 2.34. The zero-order valence-electron chi connectivity index (χ0n) is 9.95. The summed E-state index contributed by atoms with van der Waals surface area (Å²) >= 11 is 15.5. The maximum atomic E-state index is 11.8. The Labute approximate surface area is 128 Å². The van der Waals surface area contributed by atoms with Crippen LogP contribution in [0, 0.1) is 0 Å². The lowest BCUT2D eigenvalue weighted by molar-refractivity contribution is -0.163. The molecule has 1 heterocycles. The summed E-state index contributed by atoms with van der Waals surface area (Å²) in [4.78, 5) is 17.1. The number of halogens is 3. The van der Waals surface area contributed by atoms with Crippen LogP contribution in [0.4, 0.5) is 0 Å². The van der Waals surface area contributed by atoms with Gasteiger partial charge >= 0.3 is 5.97 Å². The summed E-state index contributed by atoms with van der Waals surface area (Å²) in [5.41, 5.74) is -0.0509. The number of methoxy groups -OCH3 is 1. The molecule has 0 aromatic heterocycles. The van der Waals surface area contributed by atoms with Gasteiger partial charge in [-0.2, -0.15) is 0 Å². The number of carbonyl (C=O) groups is 1. The van der Waals surface area contributed by atoms with Crippen molar-refractivity contribution >= 4 is 50.8 Å². The second-order valence-corrected chi connectivity index (χ2v) is 5.40. The number of benzene rings is 1. The molecule has 102 valence electrons. The van der Waals surface area contributed by atoms with Gasteiger partial charge in [-0.1, -0.05) is 50.4 Å². The Bertz CT molecular complexity index is 530. The summed E-state index contributed by atoms with van der Waals surface area (Å²) in [5.74, 6) is -0.494. The first-order valence-corrected chi connectivity index (χ1v) is 7.25. The number of oxime groups is 1. The average Bonchev–Trinajstić information content (AvgIpc) is 2.83. The monoisotopic (exact) mass is 365 g/mol. The maximum absolute atomic E-state index is 11.8. The van der Waals surface area contributed by atoms with E-state index in [0.717, 1.165) is 0 Å². The van der Waals surface area contributed by atoms with Crippen LogP contribution in [-0.2, 0) is 14.4 Å². The molecule has 2 rings (SSSR count). The van der Waals surface area contributed by atoms with E-state index in [4.69, 9.17) is 32.8 Å². The molecule has 0 saturated carbocycles. The molecule has 0 fully saturated rings. The standard InChI is InChI=1S/C12H10BrCl2NO3/c1-18-11(17)12(6-13)5-9(16-19-12)10-7(14)3-2-4-8(10)15/h2-4H,5-6H2,1H3. The fourth-order valence-corrected chi connectivity index (χ4v) is 2.95. The Morgan fingerprint density at radius 1 is 1.53 bits per heavy atom. The van der Waals surface area contributed by atoms with Gasteiger partial charge in [0.1, 0.15) is 0 Å². The van der Waals surface area contributed by atoms with Gasteiger partial charge in [0, 0.05) is 12.0 Å². The number of alkyl halides is 1. The van der Waals surface area contributed by atoms with E-state index in [2.05, 4.69) is 21.1 Å². The van der Waals surface area contributed by atoms with Gasteiger partial charge in [0.15, 0.2) is 0 Å². The zero-order chi connectivity index (χ0) is 14.0. The van der Waals surface area contributed by atoms with Crippen molar-refractivity contribution in [3.63, 3.8) is 0 Å². The van der Waals surface area contributed by atoms with Crippen LogP contribution >= 0.6 is 39.1 Å². The van der Waals surface area contributed by atoms with Crippen molar-refractivity contribution in [1.29, 1.82) is 0 Å². The van der Waals surface area contributed by atoms with E-state index in [1.54, 1.807) is 18.2 Å². The molecule has 1 unspecified atom stereocenters. The van der Waals surface area contributed by atoms with Crippen LogP contribution in [-0.4, -0.2) is 29.7 Å². The number of carbonyl (C=O) groups excluding carboxylic acids is 1. The van der Waals surface area contributed by atoms with Crippen molar-refractivity contribution in [3.8, 4) is 0 Å². The van der Waals surface area contributed by atoms with Crippen molar-refractivity contribution in [2.24, 2.45) is 5.16 Å². The van der Waals surface area contributed by atoms with Crippen LogP contribution in [0.2, 0.25) is 10.0 Å². The van der Waals surface area contributed by atoms with Crippen molar-refractivity contribution in [2.75, 3.05) is 12.4 Å². The van der Waals surface area contributed by atoms with Crippen LogP contribution in [0.1, 0.15) is 12.0 Å². The highest BCUT2D eigenvalue weighted by Crippen LogP contribution is 2.34. The zero-order valence-corrected chi connectivity index (χ0v) is 13.0. The number of nitrogens with zero attached hydrogens (tertiary/aromatic N) is 1. The summed E-state index contributed by atoms with van der Waals surface area (Å²) in [6.45, 7) is 0. The number of rotatable bonds is 3. The normalized spacial score (nSPS) is 21.8. The second-order valence-electron chi connectivity index (χ2n) is 4.02. The van der Waals surface area contributed by atoms with Gasteiger partial charge in [-0.05, 0) is 12.1 Å². The summed E-state index contributed by atoms with van der Waals surface area (Å²) in [6, 6.07) is 5.15. The highest BCUT2D eigenvalue weighted by molar-refractivity contribution is 9.09. The van der Waals surface area contributed by atoms with Gasteiger partial charge in [0.05, 0.1) is 28.2 Å². The average molecular weight is 367 g/mol. The minimum atomic E-state index is -1.16. The van der Waals surface area contributed by atoms with Gasteiger partial charge in [-0.25, -0.2) is 4.79 Å². The molecular formula is C12H10BrCl2NO3. The van der Waals surface area contributed by atoms with Gasteiger partial charge in [0.25, 0.3) is 0 Å². The smallest absolute Gasteiger partial charge is 0.354 e. The van der Waals surface area contributed by atoms with Gasteiger partial charge in [0.2, 0.25) is 5.60 Å². The van der Waals surface area contributed by atoms with Crippen molar-refractivity contribution in [3.05, 3.63) is 33.8 Å². The number of ether oxygens (including phenoxy) is 1. The Kier molecular flexibility index (Phi) is 4.38. The lowest BCUT2D eigenvalue weighted by atomic mass is 9.96. The minimum Gasteiger partial charge on any atom is -0.466 e. The Morgan fingerprint density at radius 2 is 2.16 bits per heavy atom. The second kappa shape index (κ2) is 5.69. The first kappa shape index (κ1) is 14.6. The third-order valence-corrected chi connectivity index (χ3v) is 4.34. The van der Waals surface area contributed by atoms with Gasteiger partial charge in [-0.15, -0.1) is 0 Å². The Morgan fingerprint density at radius 3 is 2.68 bits per heavy atom. The van der Waals surface area contributed by atoms with E-state index in [-0.39, 0.29) is 11.8 Å². The molecule has 7 heteroatoms. The summed E-state index contributed by atoms with van der Waals surface area (Å²) in [6.07, 6.45) is 0.244. The fourth-order valence-electron chi connectivity index (χ4n) is 1.81.